The molecule has 160 valence electrons. The zero-order valence-corrected chi connectivity index (χ0v) is 17.5. The van der Waals surface area contributed by atoms with Gasteiger partial charge in [-0.05, 0) is 56.2 Å². The molecule has 1 aliphatic heterocycles. The minimum absolute atomic E-state index is 0.0297. The highest BCUT2D eigenvalue weighted by Gasteiger charge is 2.27. The highest BCUT2D eigenvalue weighted by Crippen LogP contribution is 2.26. The molecule has 0 atom stereocenters. The van der Waals surface area contributed by atoms with Gasteiger partial charge in [0, 0.05) is 35.8 Å². The molecule has 0 bridgehead atoms. The fraction of sp³-hybridized carbons (Fsp3) is 0.304. The van der Waals surface area contributed by atoms with E-state index >= 15 is 0 Å². The standard InChI is InChI=1S/C23H24N4O4/c1-15(28)18-4-3-5-19(14-18)24-22(29)17-10-12-27(13-11-17)23-25-21(26-31-23)16-6-8-20(30-2)9-7-16/h3-9,14,17H,10-13H2,1-2H3,(H,24,29). The highest BCUT2D eigenvalue weighted by atomic mass is 16.5. The van der Waals surface area contributed by atoms with Gasteiger partial charge in [-0.15, -0.1) is 0 Å². The second-order valence-electron chi connectivity index (χ2n) is 7.52. The molecule has 1 aliphatic rings. The Hall–Kier alpha value is -3.68. The summed E-state index contributed by atoms with van der Waals surface area (Å²) in [4.78, 5) is 30.7. The molecule has 0 unspecified atom stereocenters. The Morgan fingerprint density at radius 1 is 1.13 bits per heavy atom. The number of benzene rings is 2. The number of anilines is 2. The fourth-order valence-electron chi connectivity index (χ4n) is 3.59. The van der Waals surface area contributed by atoms with Crippen LogP contribution in [0.1, 0.15) is 30.1 Å². The number of nitrogens with one attached hydrogen (secondary N) is 1. The fourth-order valence-corrected chi connectivity index (χ4v) is 3.59. The van der Waals surface area contributed by atoms with Gasteiger partial charge in [0.1, 0.15) is 5.75 Å². The SMILES string of the molecule is COc1ccc(-c2noc(N3CCC(C(=O)Nc4cccc(C(C)=O)c4)CC3)n2)cc1. The summed E-state index contributed by atoms with van der Waals surface area (Å²) in [6.07, 6.45) is 1.36. The van der Waals surface area contributed by atoms with Crippen molar-refractivity contribution in [2.75, 3.05) is 30.4 Å². The van der Waals surface area contributed by atoms with Crippen LogP contribution in [0, 0.1) is 5.92 Å². The minimum atomic E-state index is -0.110. The summed E-state index contributed by atoms with van der Waals surface area (Å²) in [5.41, 5.74) is 2.07. The van der Waals surface area contributed by atoms with Gasteiger partial charge in [0.05, 0.1) is 7.11 Å². The Morgan fingerprint density at radius 3 is 2.55 bits per heavy atom. The third-order valence-electron chi connectivity index (χ3n) is 5.44. The predicted molar refractivity (Wildman–Crippen MR) is 116 cm³/mol. The van der Waals surface area contributed by atoms with Gasteiger partial charge in [-0.2, -0.15) is 4.98 Å². The normalized spacial score (nSPS) is 14.3. The van der Waals surface area contributed by atoms with Gasteiger partial charge in [-0.1, -0.05) is 17.3 Å². The summed E-state index contributed by atoms with van der Waals surface area (Å²) in [5, 5.41) is 7.00. The van der Waals surface area contributed by atoms with Crippen molar-refractivity contribution in [2.24, 2.45) is 5.92 Å². The van der Waals surface area contributed by atoms with Crippen molar-refractivity contribution < 1.29 is 18.8 Å². The van der Waals surface area contributed by atoms with E-state index in [1.165, 1.54) is 6.92 Å². The average Bonchev–Trinajstić information content (AvgIpc) is 3.30. The Morgan fingerprint density at radius 2 is 1.87 bits per heavy atom. The summed E-state index contributed by atoms with van der Waals surface area (Å²) in [5.74, 6) is 1.10. The first-order chi connectivity index (χ1) is 15.0. The van der Waals surface area contributed by atoms with Gasteiger partial charge in [-0.3, -0.25) is 9.59 Å². The van der Waals surface area contributed by atoms with Gasteiger partial charge in [-0.25, -0.2) is 0 Å². The lowest BCUT2D eigenvalue weighted by Gasteiger charge is -2.29. The molecule has 0 spiro atoms. The molecular weight excluding hydrogens is 396 g/mol. The molecule has 3 aromatic rings. The largest absolute Gasteiger partial charge is 0.497 e. The number of hydrogen-bond donors (Lipinski definition) is 1. The third kappa shape index (κ3) is 4.74. The van der Waals surface area contributed by atoms with Gasteiger partial charge in [0.2, 0.25) is 11.7 Å². The van der Waals surface area contributed by atoms with Crippen molar-refractivity contribution in [1.82, 2.24) is 10.1 Å². The third-order valence-corrected chi connectivity index (χ3v) is 5.44. The maximum atomic E-state index is 12.7. The van der Waals surface area contributed by atoms with Gasteiger partial charge in [0.25, 0.3) is 0 Å². The molecule has 1 aromatic heterocycles. The van der Waals surface area contributed by atoms with Crippen molar-refractivity contribution in [1.29, 1.82) is 0 Å². The lowest BCUT2D eigenvalue weighted by atomic mass is 9.96. The van der Waals surface area contributed by atoms with Crippen molar-refractivity contribution in [3.05, 3.63) is 54.1 Å². The van der Waals surface area contributed by atoms with Crippen LogP contribution in [0.15, 0.2) is 53.1 Å². The second-order valence-corrected chi connectivity index (χ2v) is 7.52. The summed E-state index contributed by atoms with van der Waals surface area (Å²) in [7, 11) is 1.62. The number of hydrogen-bond acceptors (Lipinski definition) is 7. The van der Waals surface area contributed by atoms with E-state index in [1.54, 1.807) is 31.4 Å². The van der Waals surface area contributed by atoms with Gasteiger partial charge in [0.15, 0.2) is 5.78 Å². The number of methoxy groups -OCH3 is 1. The van der Waals surface area contributed by atoms with E-state index in [0.717, 1.165) is 11.3 Å². The Labute approximate surface area is 180 Å². The van der Waals surface area contributed by atoms with Crippen molar-refractivity contribution >= 4 is 23.4 Å². The number of aromatic nitrogens is 2. The van der Waals surface area contributed by atoms with Crippen LogP contribution >= 0.6 is 0 Å². The molecular formula is C23H24N4O4. The van der Waals surface area contributed by atoms with Crippen LogP contribution in [0.4, 0.5) is 11.7 Å². The molecule has 1 saturated heterocycles. The average molecular weight is 420 g/mol. The molecule has 8 heteroatoms. The number of carbonyl (C=O) groups is 2. The summed E-state index contributed by atoms with van der Waals surface area (Å²) >= 11 is 0. The molecule has 1 amide bonds. The first-order valence-corrected chi connectivity index (χ1v) is 10.2. The van der Waals surface area contributed by atoms with Crippen LogP contribution in [-0.2, 0) is 4.79 Å². The summed E-state index contributed by atoms with van der Waals surface area (Å²) in [6.45, 7) is 2.81. The zero-order valence-electron chi connectivity index (χ0n) is 17.5. The first-order valence-electron chi connectivity index (χ1n) is 10.2. The van der Waals surface area contributed by atoms with E-state index in [2.05, 4.69) is 15.5 Å². The maximum absolute atomic E-state index is 12.7. The van der Waals surface area contributed by atoms with Crippen LogP contribution in [0.25, 0.3) is 11.4 Å². The van der Waals surface area contributed by atoms with E-state index in [4.69, 9.17) is 9.26 Å². The summed E-state index contributed by atoms with van der Waals surface area (Å²) in [6, 6.07) is 14.9. The maximum Gasteiger partial charge on any atom is 0.324 e. The van der Waals surface area contributed by atoms with Crippen molar-refractivity contribution in [3.63, 3.8) is 0 Å². The number of Topliss-reactive ketones (excluding diaryl/α,β-unsaturated/α-hetero) is 1. The molecule has 0 aliphatic carbocycles. The molecule has 8 nitrogen and oxygen atoms in total. The topological polar surface area (TPSA) is 97.6 Å². The minimum Gasteiger partial charge on any atom is -0.497 e. The second kappa shape index (κ2) is 8.99. The molecule has 31 heavy (non-hydrogen) atoms. The number of ketones is 1. The molecule has 1 N–H and O–H groups in total. The number of ether oxygens (including phenoxy) is 1. The monoisotopic (exact) mass is 420 g/mol. The number of carbonyl (C=O) groups excluding carboxylic acids is 2. The van der Waals surface area contributed by atoms with Gasteiger partial charge >= 0.3 is 6.01 Å². The highest BCUT2D eigenvalue weighted by molar-refractivity contribution is 5.97. The van der Waals surface area contributed by atoms with E-state index in [1.807, 2.05) is 29.2 Å². The van der Waals surface area contributed by atoms with Crippen LogP contribution in [0.5, 0.6) is 5.75 Å². The number of piperidine rings is 1. The van der Waals surface area contributed by atoms with Gasteiger partial charge < -0.3 is 19.5 Å². The predicted octanol–water partition coefficient (Wildman–Crippen LogP) is 3.80. The van der Waals surface area contributed by atoms with E-state index in [-0.39, 0.29) is 17.6 Å². The van der Waals surface area contributed by atoms with Crippen molar-refractivity contribution in [3.8, 4) is 17.1 Å². The molecule has 2 heterocycles. The zero-order chi connectivity index (χ0) is 21.8. The van der Waals surface area contributed by atoms with E-state index in [0.29, 0.717) is 49.0 Å². The Kier molecular flexibility index (Phi) is 5.97. The summed E-state index contributed by atoms with van der Waals surface area (Å²) < 4.78 is 10.6. The number of rotatable bonds is 6. The molecule has 4 rings (SSSR count). The lowest BCUT2D eigenvalue weighted by molar-refractivity contribution is -0.120. The van der Waals surface area contributed by atoms with Crippen LogP contribution in [0.3, 0.4) is 0 Å². The van der Waals surface area contributed by atoms with Crippen molar-refractivity contribution in [2.45, 2.75) is 19.8 Å². The molecule has 1 fully saturated rings. The Bertz CT molecular complexity index is 1070. The smallest absolute Gasteiger partial charge is 0.324 e. The van der Waals surface area contributed by atoms with E-state index < -0.39 is 0 Å². The number of nitrogens with zero attached hydrogens (tertiary/aromatic N) is 3. The number of amides is 1. The molecule has 0 saturated carbocycles. The van der Waals surface area contributed by atoms with Crippen LogP contribution < -0.4 is 15.0 Å². The van der Waals surface area contributed by atoms with E-state index in [9.17, 15) is 9.59 Å². The van der Waals surface area contributed by atoms with Crippen LogP contribution in [-0.4, -0.2) is 42.0 Å². The molecule has 0 radical (unpaired) electrons. The quantitative estimate of drug-likeness (QED) is 0.606. The first kappa shape index (κ1) is 20.6. The lowest BCUT2D eigenvalue weighted by Crippen LogP contribution is -2.38. The van der Waals surface area contributed by atoms with Crippen LogP contribution in [0.2, 0.25) is 0 Å². The Balaban J connectivity index is 1.34. The molecule has 2 aromatic carbocycles.